The Morgan fingerprint density at radius 3 is 2.81 bits per heavy atom. The molecule has 3 aromatic rings. The first-order valence-corrected chi connectivity index (χ1v) is 7.72. The van der Waals surface area contributed by atoms with Crippen LogP contribution in [0.15, 0.2) is 41.1 Å². The molecule has 1 aromatic carbocycles. The first kappa shape index (κ1) is 12.8. The standard InChI is InChI=1S/C16H13BrN4/c1-9-4-5-18-16(20-9)12-7-11(12)15-8-19-13-3-2-10(17)6-14(13)21-15/h2-6,8,11-12H,7H2,1H3/t11-,12-/m0/s1. The lowest BCUT2D eigenvalue weighted by Gasteiger charge is -2.03. The van der Waals surface area contributed by atoms with Crippen LogP contribution >= 0.6 is 15.9 Å². The van der Waals surface area contributed by atoms with Gasteiger partial charge < -0.3 is 0 Å². The summed E-state index contributed by atoms with van der Waals surface area (Å²) in [5.41, 5.74) is 3.90. The molecule has 2 atom stereocenters. The van der Waals surface area contributed by atoms with Crippen molar-refractivity contribution in [1.29, 1.82) is 0 Å². The molecule has 0 spiro atoms. The Balaban J connectivity index is 1.66. The summed E-state index contributed by atoms with van der Waals surface area (Å²) in [6.45, 7) is 2.00. The Kier molecular flexibility index (Phi) is 2.96. The van der Waals surface area contributed by atoms with Crippen LogP contribution in [0.5, 0.6) is 0 Å². The van der Waals surface area contributed by atoms with Crippen LogP contribution in [-0.4, -0.2) is 19.9 Å². The molecule has 4 nitrogen and oxygen atoms in total. The molecule has 5 heteroatoms. The predicted molar refractivity (Wildman–Crippen MR) is 84.1 cm³/mol. The Hall–Kier alpha value is -1.88. The van der Waals surface area contributed by atoms with Gasteiger partial charge in [0.25, 0.3) is 0 Å². The summed E-state index contributed by atoms with van der Waals surface area (Å²) in [5, 5.41) is 0. The van der Waals surface area contributed by atoms with Crippen LogP contribution in [0.3, 0.4) is 0 Å². The summed E-state index contributed by atoms with van der Waals surface area (Å²) in [6.07, 6.45) is 4.77. The van der Waals surface area contributed by atoms with E-state index in [4.69, 9.17) is 4.98 Å². The van der Waals surface area contributed by atoms with Crippen molar-refractivity contribution in [2.75, 3.05) is 0 Å². The second-order valence-electron chi connectivity index (χ2n) is 5.43. The van der Waals surface area contributed by atoms with E-state index in [1.54, 1.807) is 0 Å². The summed E-state index contributed by atoms with van der Waals surface area (Å²) in [5.74, 6) is 1.70. The summed E-state index contributed by atoms with van der Waals surface area (Å²) < 4.78 is 1.02. The average molecular weight is 341 g/mol. The van der Waals surface area contributed by atoms with Crippen LogP contribution in [0.1, 0.15) is 35.5 Å². The van der Waals surface area contributed by atoms with Crippen LogP contribution in [0.4, 0.5) is 0 Å². The number of benzene rings is 1. The quantitative estimate of drug-likeness (QED) is 0.712. The molecule has 0 unspecified atom stereocenters. The molecule has 104 valence electrons. The van der Waals surface area contributed by atoms with Crippen molar-refractivity contribution in [2.24, 2.45) is 0 Å². The molecule has 1 aliphatic rings. The van der Waals surface area contributed by atoms with Crippen molar-refractivity contribution >= 4 is 27.0 Å². The van der Waals surface area contributed by atoms with Crippen LogP contribution in [0.2, 0.25) is 0 Å². The number of fused-ring (bicyclic) bond motifs is 1. The highest BCUT2D eigenvalue weighted by Gasteiger charge is 2.43. The molecule has 0 bridgehead atoms. The van der Waals surface area contributed by atoms with Gasteiger partial charge in [-0.25, -0.2) is 15.0 Å². The number of rotatable bonds is 2. The monoisotopic (exact) mass is 340 g/mol. The summed E-state index contributed by atoms with van der Waals surface area (Å²) >= 11 is 3.48. The zero-order chi connectivity index (χ0) is 14.4. The number of hydrogen-bond acceptors (Lipinski definition) is 4. The van der Waals surface area contributed by atoms with Gasteiger partial charge in [0.05, 0.1) is 16.7 Å². The van der Waals surface area contributed by atoms with Crippen molar-refractivity contribution < 1.29 is 0 Å². The van der Waals surface area contributed by atoms with Crippen molar-refractivity contribution in [2.45, 2.75) is 25.2 Å². The van der Waals surface area contributed by atoms with Gasteiger partial charge in [-0.3, -0.25) is 4.98 Å². The molecule has 0 aliphatic heterocycles. The third-order valence-electron chi connectivity index (χ3n) is 3.84. The van der Waals surface area contributed by atoms with Gasteiger partial charge >= 0.3 is 0 Å². The molecule has 1 fully saturated rings. The molecular weight excluding hydrogens is 328 g/mol. The molecule has 0 radical (unpaired) electrons. The highest BCUT2D eigenvalue weighted by molar-refractivity contribution is 9.10. The van der Waals surface area contributed by atoms with E-state index in [1.807, 2.05) is 43.6 Å². The molecule has 0 saturated heterocycles. The summed E-state index contributed by atoms with van der Waals surface area (Å²) in [4.78, 5) is 18.2. The van der Waals surface area contributed by atoms with Gasteiger partial charge in [0, 0.05) is 34.4 Å². The fourth-order valence-electron chi connectivity index (χ4n) is 2.63. The van der Waals surface area contributed by atoms with Crippen molar-refractivity contribution in [3.8, 4) is 0 Å². The minimum atomic E-state index is 0.379. The number of aromatic nitrogens is 4. The smallest absolute Gasteiger partial charge is 0.132 e. The Morgan fingerprint density at radius 2 is 1.95 bits per heavy atom. The number of nitrogens with zero attached hydrogens (tertiary/aromatic N) is 4. The minimum absolute atomic E-state index is 0.379. The number of aryl methyl sites for hydroxylation is 1. The summed E-state index contributed by atoms with van der Waals surface area (Å²) in [6, 6.07) is 7.89. The zero-order valence-electron chi connectivity index (χ0n) is 11.5. The van der Waals surface area contributed by atoms with Gasteiger partial charge in [-0.05, 0) is 37.6 Å². The Bertz CT molecular complexity index is 833. The largest absolute Gasteiger partial charge is 0.253 e. The van der Waals surface area contributed by atoms with Gasteiger partial charge in [0.15, 0.2) is 0 Å². The predicted octanol–water partition coefficient (Wildman–Crippen LogP) is 3.76. The van der Waals surface area contributed by atoms with Crippen LogP contribution in [0.25, 0.3) is 11.0 Å². The molecule has 2 aromatic heterocycles. The Labute approximate surface area is 130 Å². The van der Waals surface area contributed by atoms with Crippen LogP contribution < -0.4 is 0 Å². The Morgan fingerprint density at radius 1 is 1.05 bits per heavy atom. The number of halogens is 1. The van der Waals surface area contributed by atoms with Gasteiger partial charge in [-0.1, -0.05) is 15.9 Å². The maximum Gasteiger partial charge on any atom is 0.132 e. The SMILES string of the molecule is Cc1ccnc([C@H]2C[C@@H]2c2cnc3ccc(Br)cc3n2)n1. The second kappa shape index (κ2) is 4.84. The van der Waals surface area contributed by atoms with Crippen molar-refractivity contribution in [3.05, 3.63) is 58.3 Å². The number of hydrogen-bond donors (Lipinski definition) is 0. The van der Waals surface area contributed by atoms with Crippen molar-refractivity contribution in [1.82, 2.24) is 19.9 Å². The topological polar surface area (TPSA) is 51.6 Å². The van der Waals surface area contributed by atoms with E-state index in [9.17, 15) is 0 Å². The van der Waals surface area contributed by atoms with Gasteiger partial charge in [0.1, 0.15) is 5.82 Å². The summed E-state index contributed by atoms with van der Waals surface area (Å²) in [7, 11) is 0. The van der Waals surface area contributed by atoms with Gasteiger partial charge in [0.2, 0.25) is 0 Å². The molecule has 1 aliphatic carbocycles. The van der Waals surface area contributed by atoms with E-state index in [0.29, 0.717) is 11.8 Å². The highest BCUT2D eigenvalue weighted by Crippen LogP contribution is 2.52. The molecule has 0 N–H and O–H groups in total. The third kappa shape index (κ3) is 2.42. The second-order valence-corrected chi connectivity index (χ2v) is 6.35. The fraction of sp³-hybridized carbons (Fsp3) is 0.250. The first-order valence-electron chi connectivity index (χ1n) is 6.92. The van der Waals surface area contributed by atoms with Crippen molar-refractivity contribution in [3.63, 3.8) is 0 Å². The van der Waals surface area contributed by atoms with E-state index in [-0.39, 0.29) is 0 Å². The maximum atomic E-state index is 4.75. The first-order chi connectivity index (χ1) is 10.2. The van der Waals surface area contributed by atoms with Gasteiger partial charge in [-0.2, -0.15) is 0 Å². The zero-order valence-corrected chi connectivity index (χ0v) is 13.1. The van der Waals surface area contributed by atoms with E-state index >= 15 is 0 Å². The molecule has 1 saturated carbocycles. The van der Waals surface area contributed by atoms with Crippen LogP contribution in [0, 0.1) is 6.92 Å². The molecule has 0 amide bonds. The van der Waals surface area contributed by atoms with E-state index in [2.05, 4.69) is 30.9 Å². The van der Waals surface area contributed by atoms with Crippen LogP contribution in [-0.2, 0) is 0 Å². The minimum Gasteiger partial charge on any atom is -0.253 e. The highest BCUT2D eigenvalue weighted by atomic mass is 79.9. The molecule has 4 rings (SSSR count). The van der Waals surface area contributed by atoms with E-state index < -0.39 is 0 Å². The molecular formula is C16H13BrN4. The van der Waals surface area contributed by atoms with Gasteiger partial charge in [-0.15, -0.1) is 0 Å². The van der Waals surface area contributed by atoms with E-state index in [1.165, 1.54) is 0 Å². The lowest BCUT2D eigenvalue weighted by Crippen LogP contribution is -1.96. The fourth-order valence-corrected chi connectivity index (χ4v) is 2.98. The normalized spacial score (nSPS) is 20.7. The lowest BCUT2D eigenvalue weighted by atomic mass is 10.2. The van der Waals surface area contributed by atoms with E-state index in [0.717, 1.165) is 39.1 Å². The maximum absolute atomic E-state index is 4.75. The average Bonchev–Trinajstić information content (AvgIpc) is 3.27. The molecule has 2 heterocycles. The third-order valence-corrected chi connectivity index (χ3v) is 4.33. The molecule has 21 heavy (non-hydrogen) atoms. The lowest BCUT2D eigenvalue weighted by molar-refractivity contribution is 0.864.